The number of benzene rings is 1. The number of sulfonamides is 1. The third kappa shape index (κ3) is 4.51. The lowest BCUT2D eigenvalue weighted by Gasteiger charge is -2.23. The first kappa shape index (κ1) is 19.6. The summed E-state index contributed by atoms with van der Waals surface area (Å²) in [7, 11) is -3.85. The van der Waals surface area contributed by atoms with Crippen LogP contribution in [-0.2, 0) is 10.0 Å². The van der Waals surface area contributed by atoms with Gasteiger partial charge in [-0.1, -0.05) is 0 Å². The monoisotopic (exact) mass is 362 g/mol. The number of rotatable bonds is 5. The molecule has 1 aromatic heterocycles. The quantitative estimate of drug-likeness (QED) is 0.848. The Balaban J connectivity index is 0.00000264. The van der Waals surface area contributed by atoms with Crippen LogP contribution in [-0.4, -0.2) is 30.3 Å². The highest BCUT2D eigenvalue weighted by Crippen LogP contribution is 2.19. The van der Waals surface area contributed by atoms with Crippen molar-refractivity contribution in [3.05, 3.63) is 42.0 Å². The molecule has 0 radical (unpaired) electrons. The number of nitrogens with one attached hydrogen (secondary N) is 1. The van der Waals surface area contributed by atoms with Crippen molar-refractivity contribution in [3.63, 3.8) is 0 Å². The molecule has 3 N–H and O–H groups in total. The number of nitrogens with zero attached hydrogens (tertiary/aromatic N) is 2. The van der Waals surface area contributed by atoms with Crippen LogP contribution in [0.15, 0.2) is 35.5 Å². The van der Waals surface area contributed by atoms with Gasteiger partial charge in [-0.15, -0.1) is 12.4 Å². The van der Waals surface area contributed by atoms with Gasteiger partial charge in [0, 0.05) is 18.3 Å². The van der Waals surface area contributed by atoms with Gasteiger partial charge in [0.05, 0.1) is 11.1 Å². The molecule has 0 aliphatic heterocycles. The summed E-state index contributed by atoms with van der Waals surface area (Å²) in [4.78, 5) is -0.154. The van der Waals surface area contributed by atoms with Crippen LogP contribution in [0, 0.1) is 12.7 Å². The molecule has 0 fully saturated rings. The fraction of sp³-hybridized carbons (Fsp3) is 0.357. The fourth-order valence-electron chi connectivity index (χ4n) is 1.85. The Hall–Kier alpha value is -1.48. The van der Waals surface area contributed by atoms with E-state index >= 15 is 0 Å². The molecule has 0 amide bonds. The minimum Gasteiger partial charge on any atom is -0.329 e. The summed E-state index contributed by atoms with van der Waals surface area (Å²) < 4.78 is 42.5. The molecule has 0 bridgehead atoms. The van der Waals surface area contributed by atoms with E-state index in [2.05, 4.69) is 9.82 Å². The van der Waals surface area contributed by atoms with E-state index in [0.29, 0.717) is 0 Å². The van der Waals surface area contributed by atoms with Crippen molar-refractivity contribution in [1.29, 1.82) is 0 Å². The first-order valence-electron chi connectivity index (χ1n) is 6.70. The summed E-state index contributed by atoms with van der Waals surface area (Å²) in [5.74, 6) is -0.670. The maximum Gasteiger partial charge on any atom is 0.241 e. The standard InChI is InChI=1S/C14H19FN4O2S.ClH/c1-10-7-17-19(8-10)13-5-4-11(6-12(13)15)22(20,21)18-14(2,3)9-16;/h4-8,18H,9,16H2,1-3H3;1H. The molecule has 0 spiro atoms. The lowest BCUT2D eigenvalue weighted by Crippen LogP contribution is -2.48. The average molecular weight is 363 g/mol. The Bertz CT molecular complexity index is 790. The van der Waals surface area contributed by atoms with Crippen LogP contribution < -0.4 is 10.5 Å². The molecule has 1 aromatic carbocycles. The number of aryl methyl sites for hydroxylation is 1. The smallest absolute Gasteiger partial charge is 0.241 e. The second-order valence-electron chi connectivity index (χ2n) is 5.77. The number of hydrogen-bond acceptors (Lipinski definition) is 4. The molecule has 2 rings (SSSR count). The lowest BCUT2D eigenvalue weighted by atomic mass is 10.1. The van der Waals surface area contributed by atoms with Crippen molar-refractivity contribution in [2.45, 2.75) is 31.2 Å². The predicted octanol–water partition coefficient (Wildman–Crippen LogP) is 1.76. The third-order valence-electron chi connectivity index (χ3n) is 3.11. The zero-order chi connectivity index (χ0) is 16.5. The predicted molar refractivity (Wildman–Crippen MR) is 89.0 cm³/mol. The molecule has 0 saturated carbocycles. The van der Waals surface area contributed by atoms with E-state index in [0.717, 1.165) is 11.6 Å². The second kappa shape index (κ2) is 6.96. The van der Waals surface area contributed by atoms with Gasteiger partial charge in [0.25, 0.3) is 0 Å². The van der Waals surface area contributed by atoms with Crippen molar-refractivity contribution in [2.75, 3.05) is 6.54 Å². The molecule has 1 heterocycles. The van der Waals surface area contributed by atoms with Gasteiger partial charge < -0.3 is 5.73 Å². The number of aromatic nitrogens is 2. The third-order valence-corrected chi connectivity index (χ3v) is 4.80. The van der Waals surface area contributed by atoms with Crippen molar-refractivity contribution in [1.82, 2.24) is 14.5 Å². The number of hydrogen-bond donors (Lipinski definition) is 2. The Labute approximate surface area is 141 Å². The van der Waals surface area contributed by atoms with Crippen LogP contribution in [0.4, 0.5) is 4.39 Å². The molecular weight excluding hydrogens is 343 g/mol. The van der Waals surface area contributed by atoms with E-state index in [9.17, 15) is 12.8 Å². The van der Waals surface area contributed by atoms with Gasteiger partial charge in [-0.05, 0) is 44.5 Å². The fourth-order valence-corrected chi connectivity index (χ4v) is 3.28. The summed E-state index contributed by atoms with van der Waals surface area (Å²) in [6, 6.07) is 3.69. The molecule has 0 saturated heterocycles. The molecule has 23 heavy (non-hydrogen) atoms. The van der Waals surface area contributed by atoms with Crippen LogP contribution >= 0.6 is 12.4 Å². The van der Waals surface area contributed by atoms with Gasteiger partial charge in [-0.3, -0.25) is 0 Å². The van der Waals surface area contributed by atoms with E-state index in [1.54, 1.807) is 26.2 Å². The molecular formula is C14H20ClFN4O2S. The summed E-state index contributed by atoms with van der Waals surface area (Å²) in [5, 5.41) is 4.01. The maximum absolute atomic E-state index is 14.2. The second-order valence-corrected chi connectivity index (χ2v) is 7.45. The zero-order valence-corrected chi connectivity index (χ0v) is 14.7. The first-order chi connectivity index (χ1) is 10.1. The van der Waals surface area contributed by atoms with E-state index < -0.39 is 21.4 Å². The average Bonchev–Trinajstić information content (AvgIpc) is 2.84. The normalized spacial score (nSPS) is 12.0. The van der Waals surface area contributed by atoms with Gasteiger partial charge in [-0.2, -0.15) is 5.10 Å². The summed E-state index contributed by atoms with van der Waals surface area (Å²) in [6.45, 7) is 5.27. The van der Waals surface area contributed by atoms with Gasteiger partial charge >= 0.3 is 0 Å². The largest absolute Gasteiger partial charge is 0.329 e. The summed E-state index contributed by atoms with van der Waals surface area (Å²) in [6.07, 6.45) is 3.25. The molecule has 128 valence electrons. The molecule has 0 atom stereocenters. The highest BCUT2D eigenvalue weighted by atomic mass is 35.5. The minimum atomic E-state index is -3.85. The van der Waals surface area contributed by atoms with Crippen molar-refractivity contribution < 1.29 is 12.8 Å². The molecule has 0 unspecified atom stereocenters. The summed E-state index contributed by atoms with van der Waals surface area (Å²) >= 11 is 0. The maximum atomic E-state index is 14.2. The topological polar surface area (TPSA) is 90.0 Å². The summed E-state index contributed by atoms with van der Waals surface area (Å²) in [5.41, 5.74) is 5.76. The minimum absolute atomic E-state index is 0. The Morgan fingerprint density at radius 1 is 1.39 bits per heavy atom. The number of nitrogens with two attached hydrogens (primary N) is 1. The van der Waals surface area contributed by atoms with Crippen molar-refractivity contribution in [3.8, 4) is 5.69 Å². The van der Waals surface area contributed by atoms with Crippen LogP contribution in [0.3, 0.4) is 0 Å². The van der Waals surface area contributed by atoms with Crippen molar-refractivity contribution in [2.24, 2.45) is 5.73 Å². The van der Waals surface area contributed by atoms with Crippen LogP contribution in [0.5, 0.6) is 0 Å². The molecule has 0 aliphatic rings. The first-order valence-corrected chi connectivity index (χ1v) is 8.18. The van der Waals surface area contributed by atoms with Gasteiger partial charge in [-0.25, -0.2) is 22.2 Å². The Morgan fingerprint density at radius 3 is 2.52 bits per heavy atom. The van der Waals surface area contributed by atoms with Crippen molar-refractivity contribution >= 4 is 22.4 Å². The Morgan fingerprint density at radius 2 is 2.04 bits per heavy atom. The highest BCUT2D eigenvalue weighted by Gasteiger charge is 2.25. The van der Waals surface area contributed by atoms with Crippen LogP contribution in [0.1, 0.15) is 19.4 Å². The van der Waals surface area contributed by atoms with E-state index in [1.807, 2.05) is 6.92 Å². The van der Waals surface area contributed by atoms with Gasteiger partial charge in [0.1, 0.15) is 11.5 Å². The van der Waals surface area contributed by atoms with E-state index in [4.69, 9.17) is 5.73 Å². The van der Waals surface area contributed by atoms with E-state index in [-0.39, 0.29) is 29.5 Å². The molecule has 9 heteroatoms. The lowest BCUT2D eigenvalue weighted by molar-refractivity contribution is 0.462. The highest BCUT2D eigenvalue weighted by molar-refractivity contribution is 7.89. The van der Waals surface area contributed by atoms with E-state index in [1.165, 1.54) is 16.8 Å². The molecule has 2 aromatic rings. The van der Waals surface area contributed by atoms with Crippen LogP contribution in [0.2, 0.25) is 0 Å². The SMILES string of the molecule is Cc1cnn(-c2ccc(S(=O)(=O)NC(C)(C)CN)cc2F)c1.Cl. The molecule has 6 nitrogen and oxygen atoms in total. The Kier molecular flexibility index (Phi) is 5.92. The zero-order valence-electron chi connectivity index (χ0n) is 13.1. The number of halogens is 2. The van der Waals surface area contributed by atoms with Crippen LogP contribution in [0.25, 0.3) is 5.69 Å². The van der Waals surface area contributed by atoms with Gasteiger partial charge in [0.15, 0.2) is 0 Å². The van der Waals surface area contributed by atoms with Gasteiger partial charge in [0.2, 0.25) is 10.0 Å². The molecule has 0 aliphatic carbocycles.